The summed E-state index contributed by atoms with van der Waals surface area (Å²) in [4.78, 5) is 86.9. The molecule has 0 radical (unpaired) electrons. The van der Waals surface area contributed by atoms with Gasteiger partial charge in [0.25, 0.3) is 42.0 Å². The van der Waals surface area contributed by atoms with Gasteiger partial charge in [-0.05, 0) is 183 Å². The number of rotatable bonds is 31. The molecule has 2 aliphatic rings. The van der Waals surface area contributed by atoms with Gasteiger partial charge in [0.1, 0.15) is 18.1 Å². The maximum absolute atomic E-state index is 13.9. The van der Waals surface area contributed by atoms with E-state index in [1.54, 1.807) is 36.4 Å². The first-order valence-corrected chi connectivity index (χ1v) is 60.6. The SMILES string of the molecule is CC(C)(C)[Si](OCC[C@H](N)C(=O)O)(c1ccccc1)c1ccccc1.CC(C)(C)[Si](OCC[C@H](NC(=O)c1ccc(-c2ccccc2)cc1)C(=O)N1CCCCC1)(c1ccccc1)c1ccccc1.CC(C)(C)[Si](OCC[C@H](NC(=O)c1ccc(-c2ccccc2)cc1)C(=O)O)(c1ccccc1)c1ccccc1.O=C(Cl)c1ccc(-c2ccccc2)cc1.O=C(O)c1ccc(-c2ccccc2)cc1.O=S(Cl)Cl.O=S1(=O)CCNCC1. The predicted molar refractivity (Wildman–Crippen MR) is 617 cm³/mol. The number of carboxylic acids is 3. The van der Waals surface area contributed by atoms with E-state index in [0.29, 0.717) is 72.9 Å². The van der Waals surface area contributed by atoms with Crippen LogP contribution in [-0.2, 0) is 46.7 Å². The van der Waals surface area contributed by atoms with E-state index in [4.69, 9.17) is 45.0 Å². The van der Waals surface area contributed by atoms with Crippen LogP contribution in [0.25, 0.3) is 44.5 Å². The molecule has 150 heavy (non-hydrogen) atoms. The number of aliphatic carboxylic acids is 2. The van der Waals surface area contributed by atoms with Crippen LogP contribution in [0.4, 0.5) is 0 Å². The number of hydrogen-bond donors (Lipinski definition) is 7. The lowest BCUT2D eigenvalue weighted by atomic mass is 10.0. The Morgan fingerprint density at radius 2 is 0.587 bits per heavy atom. The number of piperidine rings is 1. The molecule has 2 fully saturated rings. The van der Waals surface area contributed by atoms with Crippen LogP contribution < -0.4 is 52.8 Å². The van der Waals surface area contributed by atoms with Gasteiger partial charge >= 0.3 is 17.9 Å². The van der Waals surface area contributed by atoms with Crippen LogP contribution in [0, 0.1) is 0 Å². The highest BCUT2D eigenvalue weighted by Crippen LogP contribution is 2.41. The van der Waals surface area contributed by atoms with Crippen molar-refractivity contribution >= 4 is 149 Å². The number of nitrogens with two attached hydrogens (primary N) is 1. The van der Waals surface area contributed by atoms with E-state index < -0.39 is 91.2 Å². The van der Waals surface area contributed by atoms with Crippen molar-refractivity contribution in [3.63, 3.8) is 0 Å². The summed E-state index contributed by atoms with van der Waals surface area (Å²) in [5, 5.41) is 42.5. The number of aromatic carboxylic acids is 1. The van der Waals surface area contributed by atoms with Crippen LogP contribution in [0.2, 0.25) is 15.1 Å². The third kappa shape index (κ3) is 34.5. The maximum atomic E-state index is 13.9. The fourth-order valence-electron chi connectivity index (χ4n) is 18.2. The molecule has 14 aromatic carbocycles. The number of hydrogen-bond acceptors (Lipinski definition) is 15. The zero-order valence-corrected chi connectivity index (χ0v) is 93.0. The molecule has 3 atom stereocenters. The lowest BCUT2D eigenvalue weighted by molar-refractivity contribution is -0.140. The van der Waals surface area contributed by atoms with Gasteiger partial charge in [-0.2, -0.15) is 0 Å². The Hall–Kier alpha value is -13.0. The summed E-state index contributed by atoms with van der Waals surface area (Å²) in [6, 6.07) is 128. The molecule has 29 heteroatoms. The average molecular weight is 2170 g/mol. The van der Waals surface area contributed by atoms with Gasteiger partial charge in [0.2, 0.25) is 15.1 Å². The summed E-state index contributed by atoms with van der Waals surface area (Å²) in [7, 11) is -3.46. The third-order valence-corrected chi connectivity index (χ3v) is 42.8. The number of benzene rings is 14. The molecule has 0 saturated carbocycles. The second-order valence-corrected chi connectivity index (χ2v) is 57.1. The van der Waals surface area contributed by atoms with Crippen molar-refractivity contribution in [1.29, 1.82) is 0 Å². The summed E-state index contributed by atoms with van der Waals surface area (Å²) in [6.45, 7) is 23.4. The first kappa shape index (κ1) is 119. The molecule has 8 N–H and O–H groups in total. The van der Waals surface area contributed by atoms with Crippen LogP contribution in [-0.4, -0.2) is 174 Å². The Bertz CT molecular complexity index is 6460. The molecule has 2 heterocycles. The van der Waals surface area contributed by atoms with Crippen molar-refractivity contribution in [2.24, 2.45) is 5.73 Å². The third-order valence-electron chi connectivity index (χ3n) is 25.8. The fourth-order valence-corrected chi connectivity index (χ4v) is 33.2. The van der Waals surface area contributed by atoms with E-state index in [0.717, 1.165) is 87.2 Å². The number of nitrogens with zero attached hydrogens (tertiary/aromatic N) is 1. The standard InChI is InChI=1S/C38H44N2O3Si.C33H35NO4Si.C20H27NO3Si.C13H9ClO.C13H10O2.C4H9NO2S.Cl2OS/c1-38(2,3)44(33-18-10-5-11-19-33,34-20-12-6-13-21-34)43-29-26-35(37(42)40-27-14-7-15-28-40)39-36(41)32-24-22-31(23-25-32)30-16-8-4-9-17-30;1-33(2,3)39(28-15-9-5-10-16-28,29-17-11-6-12-18-29)38-24-23-30(32(36)37)34-31(35)27-21-19-26(20-22-27)25-13-7-4-8-14-25;1-20(2,3)25(16-10-6-4-7-11-16,17-12-8-5-9-13-17)24-15-14-18(21)19(22)23;2*14-13(15)12-8-6-11(7-9-12)10-4-2-1-3-5-10;6-8(7)3-1-5-2-4-8;1-4(2)3/h4-6,8-13,16-25,35H,7,14-15,26-29H2,1-3H3,(H,39,41);4-22,30H,23-24H2,1-3H3,(H,34,35)(H,36,37);4-13,18H,14-15,21H2,1-3H3,(H,22,23);1-9H;1-9H,(H,14,15);5H,1-4H2;/t35-;30-;18-;;;;/m000..../s1. The lowest BCUT2D eigenvalue weighted by Crippen LogP contribution is -2.66. The molecule has 0 aromatic heterocycles. The highest BCUT2D eigenvalue weighted by atomic mass is 36.0. The van der Waals surface area contributed by atoms with Gasteiger partial charge in [0.05, 0.1) is 17.1 Å². The molecule has 14 aromatic rings. The molecule has 3 amide bonds. The Morgan fingerprint density at radius 1 is 0.353 bits per heavy atom. The summed E-state index contributed by atoms with van der Waals surface area (Å²) >= 11 is 5.36. The number of nitrogens with one attached hydrogen (secondary N) is 3. The second-order valence-electron chi connectivity index (χ2n) is 39.1. The highest BCUT2D eigenvalue weighted by molar-refractivity contribution is 8.26. The van der Waals surface area contributed by atoms with Gasteiger partial charge in [-0.3, -0.25) is 24.0 Å². The lowest BCUT2D eigenvalue weighted by Gasteiger charge is -2.43. The maximum Gasteiger partial charge on any atom is 0.335 e. The van der Waals surface area contributed by atoms with Crippen LogP contribution >= 0.6 is 33.0 Å². The van der Waals surface area contributed by atoms with E-state index in [1.165, 1.54) is 20.7 Å². The summed E-state index contributed by atoms with van der Waals surface area (Å²) in [5.74, 6) is -3.04. The number of amides is 3. The average Bonchev–Trinajstić information content (AvgIpc) is 0.753. The van der Waals surface area contributed by atoms with E-state index in [2.05, 4.69) is 197 Å². The zero-order chi connectivity index (χ0) is 108. The molecule has 0 spiro atoms. The van der Waals surface area contributed by atoms with Crippen molar-refractivity contribution in [3.8, 4) is 44.5 Å². The van der Waals surface area contributed by atoms with Crippen molar-refractivity contribution in [1.82, 2.24) is 20.9 Å². The quantitative estimate of drug-likeness (QED) is 0.0157. The van der Waals surface area contributed by atoms with Gasteiger partial charge < -0.3 is 55.2 Å². The minimum atomic E-state index is -2.80. The van der Waals surface area contributed by atoms with Crippen LogP contribution in [0.3, 0.4) is 0 Å². The normalized spacial score (nSPS) is 13.4. The van der Waals surface area contributed by atoms with Crippen LogP contribution in [0.1, 0.15) is 142 Å². The molecular weight excluding hydrogens is 2030 g/mol. The van der Waals surface area contributed by atoms with Gasteiger partial charge in [0, 0.05) is 90.5 Å². The topological polar surface area (TPSA) is 324 Å². The molecule has 2 aliphatic heterocycles. The minimum absolute atomic E-state index is 0.0231. The zero-order valence-electron chi connectivity index (χ0n) is 86.1. The number of carbonyl (C=O) groups excluding carboxylic acids is 4. The number of halogens is 3. The Labute approximate surface area is 902 Å². The van der Waals surface area contributed by atoms with Crippen LogP contribution in [0.5, 0.6) is 0 Å². The molecule has 2 saturated heterocycles. The van der Waals surface area contributed by atoms with Gasteiger partial charge in [-0.15, -0.1) is 0 Å². The second kappa shape index (κ2) is 58.4. The van der Waals surface area contributed by atoms with Crippen molar-refractivity contribution in [3.05, 3.63) is 423 Å². The van der Waals surface area contributed by atoms with E-state index >= 15 is 0 Å². The van der Waals surface area contributed by atoms with Gasteiger partial charge in [0.15, 0.2) is 9.84 Å². The van der Waals surface area contributed by atoms with E-state index in [1.807, 2.05) is 272 Å². The first-order valence-electron chi connectivity index (χ1n) is 49.9. The highest BCUT2D eigenvalue weighted by Gasteiger charge is 2.53. The van der Waals surface area contributed by atoms with Crippen molar-refractivity contribution in [2.75, 3.05) is 57.5 Å². The van der Waals surface area contributed by atoms with Crippen molar-refractivity contribution in [2.45, 2.75) is 134 Å². The fraction of sp³-hybridized carbons (Fsp3) is 0.248. The summed E-state index contributed by atoms with van der Waals surface area (Å²) in [5.41, 5.74) is 16.0. The smallest absolute Gasteiger partial charge is 0.335 e. The molecular formula is C121H134Cl3N5O16S2Si3. The number of sulfone groups is 1. The molecule has 16 rings (SSSR count). The Balaban J connectivity index is 0.000000196. The number of carbonyl (C=O) groups is 7. The molecule has 784 valence electrons. The number of likely N-dealkylation sites (tertiary alicyclic amines) is 1. The molecule has 21 nitrogen and oxygen atoms in total. The Morgan fingerprint density at radius 3 is 0.820 bits per heavy atom. The van der Waals surface area contributed by atoms with E-state index in [9.17, 15) is 47.1 Å². The largest absolute Gasteiger partial charge is 0.480 e. The summed E-state index contributed by atoms with van der Waals surface area (Å²) in [6.07, 6.45) is 3.95. The monoisotopic (exact) mass is 2170 g/mol. The van der Waals surface area contributed by atoms with Crippen LogP contribution in [0.15, 0.2) is 400 Å². The number of carboxylic acid groups (broad SMARTS) is 3. The molecule has 0 bridgehead atoms. The molecule has 0 unspecified atom stereocenters. The van der Waals surface area contributed by atoms with Crippen molar-refractivity contribution < 1.29 is 74.8 Å². The van der Waals surface area contributed by atoms with Gasteiger partial charge in [-0.25, -0.2) is 22.2 Å². The van der Waals surface area contributed by atoms with E-state index in [-0.39, 0.29) is 40.0 Å². The van der Waals surface area contributed by atoms with Gasteiger partial charge in [-0.1, -0.05) is 414 Å². The summed E-state index contributed by atoms with van der Waals surface area (Å²) < 4.78 is 50.8. The minimum Gasteiger partial charge on any atom is -0.480 e. The molecule has 0 aliphatic carbocycles. The predicted octanol–water partition coefficient (Wildman–Crippen LogP) is 21.1. The Kier molecular flexibility index (Phi) is 46.3. The first-order chi connectivity index (χ1) is 71.8.